The van der Waals surface area contributed by atoms with E-state index in [2.05, 4.69) is 10.6 Å². The number of benzene rings is 2. The number of hydrogen-bond acceptors (Lipinski definition) is 4. The zero-order chi connectivity index (χ0) is 18.4. The van der Waals surface area contributed by atoms with E-state index in [0.29, 0.717) is 27.9 Å². The van der Waals surface area contributed by atoms with Crippen LogP contribution in [0.3, 0.4) is 0 Å². The Hall–Kier alpha value is -2.73. The fourth-order valence-electron chi connectivity index (χ4n) is 2.06. The Bertz CT molecular complexity index is 762. The molecular formula is C18H19ClN2O4. The van der Waals surface area contributed by atoms with Crippen LogP contribution in [-0.4, -0.2) is 25.0 Å². The van der Waals surface area contributed by atoms with Crippen LogP contribution in [0.25, 0.3) is 0 Å². The zero-order valence-electron chi connectivity index (χ0n) is 14.1. The molecule has 6 nitrogen and oxygen atoms in total. The zero-order valence-corrected chi connectivity index (χ0v) is 14.9. The fourth-order valence-corrected chi connectivity index (χ4v) is 2.18. The lowest BCUT2D eigenvalue weighted by Crippen LogP contribution is -2.30. The van der Waals surface area contributed by atoms with Crippen LogP contribution in [0.15, 0.2) is 42.5 Å². The average Bonchev–Trinajstić information content (AvgIpc) is 2.58. The van der Waals surface area contributed by atoms with Gasteiger partial charge in [-0.05, 0) is 43.3 Å². The molecule has 0 aliphatic rings. The summed E-state index contributed by atoms with van der Waals surface area (Å²) in [4.78, 5) is 23.7. The average molecular weight is 363 g/mol. The van der Waals surface area contributed by atoms with E-state index < -0.39 is 6.10 Å². The lowest BCUT2D eigenvalue weighted by Gasteiger charge is -2.17. The summed E-state index contributed by atoms with van der Waals surface area (Å²) in [6, 6.07) is 11.7. The van der Waals surface area contributed by atoms with Crippen molar-refractivity contribution in [2.75, 3.05) is 17.7 Å². The Morgan fingerprint density at radius 3 is 2.24 bits per heavy atom. The van der Waals surface area contributed by atoms with Crippen molar-refractivity contribution < 1.29 is 19.1 Å². The van der Waals surface area contributed by atoms with Gasteiger partial charge in [0.15, 0.2) is 6.10 Å². The van der Waals surface area contributed by atoms with E-state index in [1.165, 1.54) is 14.0 Å². The van der Waals surface area contributed by atoms with Crippen molar-refractivity contribution in [2.24, 2.45) is 0 Å². The molecule has 7 heteroatoms. The van der Waals surface area contributed by atoms with Crippen LogP contribution in [0.1, 0.15) is 13.8 Å². The van der Waals surface area contributed by atoms with Crippen molar-refractivity contribution >= 4 is 34.8 Å². The third-order valence-corrected chi connectivity index (χ3v) is 3.54. The molecule has 2 rings (SSSR count). The molecule has 0 aromatic heterocycles. The molecule has 25 heavy (non-hydrogen) atoms. The number of rotatable bonds is 6. The first-order valence-corrected chi connectivity index (χ1v) is 7.95. The highest BCUT2D eigenvalue weighted by atomic mass is 35.5. The molecule has 0 bridgehead atoms. The number of halogens is 1. The third kappa shape index (κ3) is 5.39. The Morgan fingerprint density at radius 1 is 1.00 bits per heavy atom. The molecule has 0 aliphatic carbocycles. The van der Waals surface area contributed by atoms with Crippen molar-refractivity contribution in [2.45, 2.75) is 20.0 Å². The van der Waals surface area contributed by atoms with E-state index in [9.17, 15) is 9.59 Å². The van der Waals surface area contributed by atoms with Crippen LogP contribution in [-0.2, 0) is 9.59 Å². The van der Waals surface area contributed by atoms with Gasteiger partial charge in [0.1, 0.15) is 11.5 Å². The molecule has 0 spiro atoms. The topological polar surface area (TPSA) is 76.7 Å². The second-order valence-electron chi connectivity index (χ2n) is 5.30. The van der Waals surface area contributed by atoms with Gasteiger partial charge < -0.3 is 20.1 Å². The van der Waals surface area contributed by atoms with Gasteiger partial charge in [-0.2, -0.15) is 0 Å². The minimum Gasteiger partial charge on any atom is -0.497 e. The SMILES string of the molecule is COc1ccc(NC(C)=O)c(NC(=O)C(C)Oc2ccc(Cl)cc2)c1. The van der Waals surface area contributed by atoms with Crippen LogP contribution in [0.5, 0.6) is 11.5 Å². The van der Waals surface area contributed by atoms with Crippen LogP contribution in [0, 0.1) is 0 Å². The smallest absolute Gasteiger partial charge is 0.265 e. The van der Waals surface area contributed by atoms with Gasteiger partial charge >= 0.3 is 0 Å². The minimum atomic E-state index is -0.752. The van der Waals surface area contributed by atoms with E-state index in [0.717, 1.165) is 0 Å². The first-order chi connectivity index (χ1) is 11.9. The molecular weight excluding hydrogens is 344 g/mol. The number of nitrogens with one attached hydrogen (secondary N) is 2. The van der Waals surface area contributed by atoms with Crippen molar-refractivity contribution in [1.82, 2.24) is 0 Å². The van der Waals surface area contributed by atoms with Gasteiger partial charge in [-0.25, -0.2) is 0 Å². The summed E-state index contributed by atoms with van der Waals surface area (Å²) in [5, 5.41) is 5.98. The van der Waals surface area contributed by atoms with Gasteiger partial charge in [0.2, 0.25) is 5.91 Å². The maximum Gasteiger partial charge on any atom is 0.265 e. The normalized spacial score (nSPS) is 11.4. The Labute approximate surface area is 151 Å². The monoisotopic (exact) mass is 362 g/mol. The summed E-state index contributed by atoms with van der Waals surface area (Å²) < 4.78 is 10.7. The Balaban J connectivity index is 2.12. The van der Waals surface area contributed by atoms with E-state index in [-0.39, 0.29) is 11.8 Å². The van der Waals surface area contributed by atoms with Crippen molar-refractivity contribution in [3.63, 3.8) is 0 Å². The van der Waals surface area contributed by atoms with Gasteiger partial charge in [-0.15, -0.1) is 0 Å². The fraction of sp³-hybridized carbons (Fsp3) is 0.222. The highest BCUT2D eigenvalue weighted by Gasteiger charge is 2.17. The van der Waals surface area contributed by atoms with E-state index in [1.54, 1.807) is 49.4 Å². The number of anilines is 2. The second-order valence-corrected chi connectivity index (χ2v) is 5.73. The highest BCUT2D eigenvalue weighted by Crippen LogP contribution is 2.27. The molecule has 0 aliphatic heterocycles. The van der Waals surface area contributed by atoms with E-state index >= 15 is 0 Å². The standard InChI is InChI=1S/C18H19ClN2O4/c1-11(25-14-6-4-13(19)5-7-14)18(23)21-17-10-15(24-3)8-9-16(17)20-12(2)22/h4-11H,1-3H3,(H,20,22)(H,21,23). The van der Waals surface area contributed by atoms with Crippen LogP contribution >= 0.6 is 11.6 Å². The van der Waals surface area contributed by atoms with Crippen molar-refractivity contribution in [3.05, 3.63) is 47.5 Å². The van der Waals surface area contributed by atoms with Gasteiger partial charge in [-0.1, -0.05) is 11.6 Å². The van der Waals surface area contributed by atoms with Gasteiger partial charge in [0.05, 0.1) is 18.5 Å². The molecule has 2 aromatic rings. The van der Waals surface area contributed by atoms with Crippen LogP contribution in [0.4, 0.5) is 11.4 Å². The summed E-state index contributed by atoms with van der Waals surface area (Å²) in [5.74, 6) is 0.469. The molecule has 0 radical (unpaired) electrons. The maximum absolute atomic E-state index is 12.4. The molecule has 0 heterocycles. The Kier molecular flexibility index (Phi) is 6.25. The van der Waals surface area contributed by atoms with Crippen molar-refractivity contribution in [1.29, 1.82) is 0 Å². The van der Waals surface area contributed by atoms with Crippen LogP contribution < -0.4 is 20.1 Å². The minimum absolute atomic E-state index is 0.244. The largest absolute Gasteiger partial charge is 0.497 e. The first-order valence-electron chi connectivity index (χ1n) is 7.57. The van der Waals surface area contributed by atoms with Crippen molar-refractivity contribution in [3.8, 4) is 11.5 Å². The summed E-state index contributed by atoms with van der Waals surface area (Å²) in [7, 11) is 1.52. The molecule has 2 amide bonds. The number of carbonyl (C=O) groups is 2. The first kappa shape index (κ1) is 18.6. The van der Waals surface area contributed by atoms with Gasteiger partial charge in [0, 0.05) is 18.0 Å². The molecule has 0 saturated heterocycles. The van der Waals surface area contributed by atoms with Crippen LogP contribution in [0.2, 0.25) is 5.02 Å². The molecule has 0 saturated carbocycles. The number of amides is 2. The molecule has 1 unspecified atom stereocenters. The van der Waals surface area contributed by atoms with Gasteiger partial charge in [0.25, 0.3) is 5.91 Å². The lowest BCUT2D eigenvalue weighted by molar-refractivity contribution is -0.122. The molecule has 2 N–H and O–H groups in total. The third-order valence-electron chi connectivity index (χ3n) is 3.29. The summed E-state index contributed by atoms with van der Waals surface area (Å²) in [6.45, 7) is 3.02. The molecule has 2 aromatic carbocycles. The van der Waals surface area contributed by atoms with Gasteiger partial charge in [-0.3, -0.25) is 9.59 Å². The van der Waals surface area contributed by atoms with E-state index in [4.69, 9.17) is 21.1 Å². The highest BCUT2D eigenvalue weighted by molar-refractivity contribution is 6.30. The molecule has 0 fully saturated rings. The summed E-state index contributed by atoms with van der Waals surface area (Å²) in [5.41, 5.74) is 0.895. The number of methoxy groups -OCH3 is 1. The maximum atomic E-state index is 12.4. The van der Waals surface area contributed by atoms with E-state index in [1.807, 2.05) is 0 Å². The summed E-state index contributed by atoms with van der Waals surface area (Å²) >= 11 is 5.82. The predicted octanol–water partition coefficient (Wildman–Crippen LogP) is 3.71. The molecule has 1 atom stereocenters. The number of hydrogen-bond donors (Lipinski definition) is 2. The number of carbonyl (C=O) groups excluding carboxylic acids is 2. The second kappa shape index (κ2) is 8.39. The predicted molar refractivity (Wildman–Crippen MR) is 97.5 cm³/mol. The molecule has 132 valence electrons. The number of ether oxygens (including phenoxy) is 2. The summed E-state index contributed by atoms with van der Waals surface area (Å²) in [6.07, 6.45) is -0.752. The Morgan fingerprint density at radius 2 is 1.64 bits per heavy atom. The lowest BCUT2D eigenvalue weighted by atomic mass is 10.2. The quantitative estimate of drug-likeness (QED) is 0.821.